The van der Waals surface area contributed by atoms with Gasteiger partial charge in [-0.1, -0.05) is 0 Å². The first-order valence-corrected chi connectivity index (χ1v) is 4.69. The molecule has 0 aromatic heterocycles. The van der Waals surface area contributed by atoms with Crippen LogP contribution in [0, 0.1) is 0 Å². The number of hydrogen-bond donors (Lipinski definition) is 1. The van der Waals surface area contributed by atoms with Gasteiger partial charge >= 0.3 is 0 Å². The molecule has 4 heteroatoms. The largest absolute Gasteiger partial charge is 0.389 e. The van der Waals surface area contributed by atoms with Crippen LogP contribution in [0.2, 0.25) is 0 Å². The second-order valence-electron chi connectivity index (χ2n) is 3.57. The molecule has 1 heterocycles. The van der Waals surface area contributed by atoms with E-state index < -0.39 is 6.10 Å². The quantitative estimate of drug-likeness (QED) is 0.645. The summed E-state index contributed by atoms with van der Waals surface area (Å²) in [6.07, 6.45) is 0.673. The second kappa shape index (κ2) is 5.54. The minimum atomic E-state index is -0.393. The first-order chi connectivity index (χ1) is 6.24. The van der Waals surface area contributed by atoms with E-state index in [1.165, 1.54) is 0 Å². The molecule has 1 N–H and O–H groups in total. The highest BCUT2D eigenvalue weighted by molar-refractivity contribution is 4.74. The summed E-state index contributed by atoms with van der Waals surface area (Å²) in [6, 6.07) is 0.464. The van der Waals surface area contributed by atoms with Gasteiger partial charge in [-0.25, -0.2) is 0 Å². The maximum atomic E-state index is 9.47. The van der Waals surface area contributed by atoms with Crippen molar-refractivity contribution < 1.29 is 14.6 Å². The molecule has 0 aromatic carbocycles. The molecule has 0 bridgehead atoms. The Morgan fingerprint density at radius 1 is 1.69 bits per heavy atom. The third-order valence-electron chi connectivity index (χ3n) is 2.39. The van der Waals surface area contributed by atoms with E-state index >= 15 is 0 Å². The van der Waals surface area contributed by atoms with Crippen molar-refractivity contribution in [3.63, 3.8) is 0 Å². The number of rotatable bonds is 5. The first kappa shape index (κ1) is 10.9. The van der Waals surface area contributed by atoms with Gasteiger partial charge in [0.2, 0.25) is 0 Å². The Bertz CT molecular complexity index is 137. The smallest absolute Gasteiger partial charge is 0.0900 e. The van der Waals surface area contributed by atoms with Gasteiger partial charge in [0.05, 0.1) is 19.3 Å². The Morgan fingerprint density at radius 2 is 2.46 bits per heavy atom. The molecule has 0 radical (unpaired) electrons. The molecule has 4 nitrogen and oxygen atoms in total. The van der Waals surface area contributed by atoms with Crippen LogP contribution in [0.4, 0.5) is 0 Å². The summed E-state index contributed by atoms with van der Waals surface area (Å²) in [7, 11) is 3.61. The fourth-order valence-electron chi connectivity index (χ4n) is 1.60. The summed E-state index contributed by atoms with van der Waals surface area (Å²) in [4.78, 5) is 2.14. The lowest BCUT2D eigenvalue weighted by atomic mass is 10.2. The van der Waals surface area contributed by atoms with E-state index in [0.29, 0.717) is 19.2 Å². The van der Waals surface area contributed by atoms with E-state index in [2.05, 4.69) is 4.90 Å². The molecule has 2 atom stereocenters. The maximum Gasteiger partial charge on any atom is 0.0900 e. The van der Waals surface area contributed by atoms with Gasteiger partial charge in [-0.2, -0.15) is 0 Å². The Hall–Kier alpha value is -0.160. The summed E-state index contributed by atoms with van der Waals surface area (Å²) in [5, 5.41) is 9.47. The average Bonchev–Trinajstić information content (AvgIpc) is 2.55. The van der Waals surface area contributed by atoms with Crippen LogP contribution in [0.5, 0.6) is 0 Å². The molecule has 1 aliphatic rings. The van der Waals surface area contributed by atoms with E-state index in [0.717, 1.165) is 19.6 Å². The predicted molar refractivity (Wildman–Crippen MR) is 49.7 cm³/mol. The molecule has 1 fully saturated rings. The predicted octanol–water partition coefficient (Wildman–Crippen LogP) is -0.286. The lowest BCUT2D eigenvalue weighted by molar-refractivity contribution is 0.0327. The highest BCUT2D eigenvalue weighted by atomic mass is 16.5. The van der Waals surface area contributed by atoms with E-state index in [1.807, 2.05) is 7.05 Å². The average molecular weight is 189 g/mol. The maximum absolute atomic E-state index is 9.47. The van der Waals surface area contributed by atoms with Crippen LogP contribution >= 0.6 is 0 Å². The number of nitrogens with zero attached hydrogens (tertiary/aromatic N) is 1. The molecule has 1 aliphatic heterocycles. The molecule has 2 unspecified atom stereocenters. The van der Waals surface area contributed by atoms with Gasteiger partial charge in [-0.15, -0.1) is 0 Å². The van der Waals surface area contributed by atoms with Gasteiger partial charge in [0.15, 0.2) is 0 Å². The van der Waals surface area contributed by atoms with E-state index in [-0.39, 0.29) is 0 Å². The van der Waals surface area contributed by atoms with Crippen molar-refractivity contribution >= 4 is 0 Å². The third-order valence-corrected chi connectivity index (χ3v) is 2.39. The fraction of sp³-hybridized carbons (Fsp3) is 1.00. The lowest BCUT2D eigenvalue weighted by Crippen LogP contribution is -2.39. The molecular weight excluding hydrogens is 170 g/mol. The molecule has 13 heavy (non-hydrogen) atoms. The molecule has 0 amide bonds. The Kier molecular flexibility index (Phi) is 4.66. The topological polar surface area (TPSA) is 41.9 Å². The van der Waals surface area contributed by atoms with Crippen molar-refractivity contribution in [3.8, 4) is 0 Å². The molecule has 1 saturated heterocycles. The first-order valence-electron chi connectivity index (χ1n) is 4.69. The number of aliphatic hydroxyl groups excluding tert-OH is 1. The summed E-state index contributed by atoms with van der Waals surface area (Å²) < 4.78 is 10.1. The van der Waals surface area contributed by atoms with Crippen LogP contribution in [0.3, 0.4) is 0 Å². The van der Waals surface area contributed by atoms with E-state index in [9.17, 15) is 5.11 Å². The van der Waals surface area contributed by atoms with Crippen molar-refractivity contribution in [1.82, 2.24) is 4.90 Å². The Labute approximate surface area is 79.4 Å². The number of hydrogen-bond acceptors (Lipinski definition) is 4. The monoisotopic (exact) mass is 189 g/mol. The van der Waals surface area contributed by atoms with Crippen LogP contribution in [0.1, 0.15) is 6.42 Å². The van der Waals surface area contributed by atoms with Gasteiger partial charge < -0.3 is 14.6 Å². The highest BCUT2D eigenvalue weighted by Crippen LogP contribution is 2.10. The van der Waals surface area contributed by atoms with Crippen LogP contribution in [-0.4, -0.2) is 62.7 Å². The number of aliphatic hydroxyl groups is 1. The van der Waals surface area contributed by atoms with Crippen LogP contribution in [-0.2, 0) is 9.47 Å². The Morgan fingerprint density at radius 3 is 3.00 bits per heavy atom. The molecular formula is C9H19NO3. The van der Waals surface area contributed by atoms with E-state index in [4.69, 9.17) is 9.47 Å². The minimum Gasteiger partial charge on any atom is -0.389 e. The summed E-state index contributed by atoms with van der Waals surface area (Å²) in [6.45, 7) is 2.69. The minimum absolute atomic E-state index is 0.393. The molecule has 0 spiro atoms. The normalized spacial score (nSPS) is 25.4. The second-order valence-corrected chi connectivity index (χ2v) is 3.57. The molecule has 0 saturated carbocycles. The zero-order valence-corrected chi connectivity index (χ0v) is 8.40. The van der Waals surface area contributed by atoms with Gasteiger partial charge in [-0.3, -0.25) is 4.90 Å². The van der Waals surface area contributed by atoms with Crippen LogP contribution in [0.15, 0.2) is 0 Å². The standard InChI is InChI=1S/C9H19NO3/c1-10(5-9(11)7-12-2)8-3-4-13-6-8/h8-9,11H,3-7H2,1-2H3. The van der Waals surface area contributed by atoms with E-state index in [1.54, 1.807) is 7.11 Å². The number of methoxy groups -OCH3 is 1. The van der Waals surface area contributed by atoms with Gasteiger partial charge in [-0.05, 0) is 13.5 Å². The summed E-state index contributed by atoms with van der Waals surface area (Å²) in [5.74, 6) is 0. The zero-order valence-electron chi connectivity index (χ0n) is 8.40. The summed E-state index contributed by atoms with van der Waals surface area (Å²) in [5.41, 5.74) is 0. The number of ether oxygens (including phenoxy) is 2. The van der Waals surface area contributed by atoms with Crippen molar-refractivity contribution in [2.24, 2.45) is 0 Å². The molecule has 0 aromatic rings. The van der Waals surface area contributed by atoms with Gasteiger partial charge in [0.1, 0.15) is 0 Å². The van der Waals surface area contributed by atoms with Crippen molar-refractivity contribution in [3.05, 3.63) is 0 Å². The summed E-state index contributed by atoms with van der Waals surface area (Å²) >= 11 is 0. The third kappa shape index (κ3) is 3.60. The van der Waals surface area contributed by atoms with Crippen LogP contribution in [0.25, 0.3) is 0 Å². The lowest BCUT2D eigenvalue weighted by Gasteiger charge is -2.25. The molecule has 1 rings (SSSR count). The van der Waals surface area contributed by atoms with Crippen LogP contribution < -0.4 is 0 Å². The molecule has 0 aliphatic carbocycles. The fourth-order valence-corrected chi connectivity index (χ4v) is 1.60. The number of likely N-dealkylation sites (N-methyl/N-ethyl adjacent to an activating group) is 1. The Balaban J connectivity index is 2.18. The van der Waals surface area contributed by atoms with Gasteiger partial charge in [0.25, 0.3) is 0 Å². The van der Waals surface area contributed by atoms with Gasteiger partial charge in [0, 0.05) is 26.3 Å². The highest BCUT2D eigenvalue weighted by Gasteiger charge is 2.21. The SMILES string of the molecule is COCC(O)CN(C)C1CCOC1. The van der Waals surface area contributed by atoms with Crippen molar-refractivity contribution in [2.75, 3.05) is 40.5 Å². The zero-order chi connectivity index (χ0) is 9.68. The molecule has 78 valence electrons. The van der Waals surface area contributed by atoms with Crippen molar-refractivity contribution in [2.45, 2.75) is 18.6 Å². The van der Waals surface area contributed by atoms with Crippen molar-refractivity contribution in [1.29, 1.82) is 0 Å².